The zero-order valence-corrected chi connectivity index (χ0v) is 12.9. The summed E-state index contributed by atoms with van der Waals surface area (Å²) >= 11 is 11.1. The van der Waals surface area contributed by atoms with Crippen molar-refractivity contribution in [1.29, 1.82) is 0 Å². The van der Waals surface area contributed by atoms with Crippen LogP contribution in [0, 0.1) is 10.7 Å². The lowest BCUT2D eigenvalue weighted by Crippen LogP contribution is -2.29. The van der Waals surface area contributed by atoms with E-state index in [9.17, 15) is 4.79 Å². The van der Waals surface area contributed by atoms with Crippen molar-refractivity contribution >= 4 is 29.7 Å². The molecule has 0 aliphatic heterocycles. The fraction of sp³-hybridized carbons (Fsp3) is 0.357. The number of hydrogen-bond acceptors (Lipinski definition) is 3. The zero-order valence-electron chi connectivity index (χ0n) is 11.3. The lowest BCUT2D eigenvalue weighted by atomic mass is 10.2. The van der Waals surface area contributed by atoms with Crippen LogP contribution in [0.25, 0.3) is 11.4 Å². The second-order valence-corrected chi connectivity index (χ2v) is 6.02. The third kappa shape index (κ3) is 3.51. The number of carbonyl (C=O) groups is 1. The van der Waals surface area contributed by atoms with Gasteiger partial charge in [-0.15, -0.1) is 0 Å². The Morgan fingerprint density at radius 1 is 1.43 bits per heavy atom. The Morgan fingerprint density at radius 3 is 2.81 bits per heavy atom. The number of benzene rings is 1. The van der Waals surface area contributed by atoms with Crippen molar-refractivity contribution in [3.63, 3.8) is 0 Å². The highest BCUT2D eigenvalue weighted by molar-refractivity contribution is 7.71. The van der Waals surface area contributed by atoms with E-state index in [1.807, 2.05) is 12.1 Å². The quantitative estimate of drug-likeness (QED) is 0.832. The molecule has 1 aliphatic rings. The largest absolute Gasteiger partial charge is 0.354 e. The topological polar surface area (TPSA) is 62.7 Å². The van der Waals surface area contributed by atoms with Gasteiger partial charge in [-0.05, 0) is 55.2 Å². The molecule has 3 rings (SSSR count). The number of aromatic nitrogens is 3. The summed E-state index contributed by atoms with van der Waals surface area (Å²) in [7, 11) is 0. The summed E-state index contributed by atoms with van der Waals surface area (Å²) in [5.74, 6) is 1.25. The molecule has 1 aromatic heterocycles. The Kier molecular flexibility index (Phi) is 4.07. The van der Waals surface area contributed by atoms with Gasteiger partial charge in [-0.1, -0.05) is 11.6 Å². The van der Waals surface area contributed by atoms with Crippen LogP contribution in [0.15, 0.2) is 24.3 Å². The van der Waals surface area contributed by atoms with E-state index >= 15 is 0 Å². The molecule has 0 bridgehead atoms. The van der Waals surface area contributed by atoms with E-state index in [4.69, 9.17) is 23.8 Å². The molecule has 2 N–H and O–H groups in total. The Bertz CT molecular complexity index is 703. The number of nitrogens with one attached hydrogen (secondary N) is 2. The van der Waals surface area contributed by atoms with Crippen molar-refractivity contribution in [3.8, 4) is 11.4 Å². The van der Waals surface area contributed by atoms with Crippen LogP contribution in [0.2, 0.25) is 5.02 Å². The summed E-state index contributed by atoms with van der Waals surface area (Å²) in [5, 5.41) is 10.5. The van der Waals surface area contributed by atoms with E-state index in [2.05, 4.69) is 15.5 Å². The molecular formula is C14H15ClN4OS. The van der Waals surface area contributed by atoms with Gasteiger partial charge < -0.3 is 5.32 Å². The van der Waals surface area contributed by atoms with E-state index in [0.717, 1.165) is 12.1 Å². The predicted molar refractivity (Wildman–Crippen MR) is 83.6 cm³/mol. The second-order valence-electron chi connectivity index (χ2n) is 5.19. The number of rotatable bonds is 5. The van der Waals surface area contributed by atoms with Crippen molar-refractivity contribution in [2.75, 3.05) is 6.54 Å². The van der Waals surface area contributed by atoms with Crippen molar-refractivity contribution in [3.05, 3.63) is 34.1 Å². The molecule has 0 radical (unpaired) electrons. The van der Waals surface area contributed by atoms with Crippen molar-refractivity contribution < 1.29 is 4.79 Å². The fourth-order valence-electron chi connectivity index (χ4n) is 2.06. The maximum Gasteiger partial charge on any atom is 0.240 e. The Balaban J connectivity index is 1.77. The molecule has 0 saturated heterocycles. The number of amides is 1. The summed E-state index contributed by atoms with van der Waals surface area (Å²) in [6.07, 6.45) is 2.42. The summed E-state index contributed by atoms with van der Waals surface area (Å²) in [5.41, 5.74) is 0.863. The standard InChI is InChI=1S/C14H15ClN4OS/c15-11-5-3-10(4-6-11)13-17-18-14(21)19(13)8-12(20)16-7-9-1-2-9/h3-6,9H,1-2,7-8H2,(H,16,20)(H,18,21). The fourth-order valence-corrected chi connectivity index (χ4v) is 2.39. The van der Waals surface area contributed by atoms with Crippen LogP contribution < -0.4 is 5.32 Å². The maximum atomic E-state index is 12.0. The van der Waals surface area contributed by atoms with Crippen LogP contribution in [0.1, 0.15) is 12.8 Å². The van der Waals surface area contributed by atoms with Crippen LogP contribution in [0.4, 0.5) is 0 Å². The first kappa shape index (κ1) is 14.3. The number of hydrogen-bond donors (Lipinski definition) is 2. The molecule has 1 heterocycles. The van der Waals surface area contributed by atoms with Gasteiger partial charge in [-0.25, -0.2) is 0 Å². The molecule has 0 spiro atoms. The summed E-state index contributed by atoms with van der Waals surface area (Å²) in [6.45, 7) is 0.917. The van der Waals surface area contributed by atoms with Crippen LogP contribution in [0.3, 0.4) is 0 Å². The third-order valence-corrected chi connectivity index (χ3v) is 4.01. The Morgan fingerprint density at radius 2 is 2.14 bits per heavy atom. The van der Waals surface area contributed by atoms with Crippen molar-refractivity contribution in [2.24, 2.45) is 5.92 Å². The van der Waals surface area contributed by atoms with Crippen LogP contribution >= 0.6 is 23.8 Å². The molecule has 1 amide bonds. The maximum absolute atomic E-state index is 12.0. The average molecular weight is 323 g/mol. The average Bonchev–Trinajstić information content (AvgIpc) is 3.24. The normalized spacial score (nSPS) is 14.1. The molecule has 0 atom stereocenters. The monoisotopic (exact) mass is 322 g/mol. The molecule has 7 heteroatoms. The molecule has 1 saturated carbocycles. The number of H-pyrrole nitrogens is 1. The molecule has 1 aromatic carbocycles. The number of nitrogens with zero attached hydrogens (tertiary/aromatic N) is 2. The van der Waals surface area contributed by atoms with Crippen molar-refractivity contribution in [1.82, 2.24) is 20.1 Å². The van der Waals surface area contributed by atoms with E-state index in [-0.39, 0.29) is 12.5 Å². The van der Waals surface area contributed by atoms with E-state index in [1.54, 1.807) is 16.7 Å². The highest BCUT2D eigenvalue weighted by Crippen LogP contribution is 2.27. The second kappa shape index (κ2) is 5.99. The summed E-state index contributed by atoms with van der Waals surface area (Å²) in [4.78, 5) is 12.0. The van der Waals surface area contributed by atoms with Gasteiger partial charge in [0.2, 0.25) is 5.91 Å². The first-order chi connectivity index (χ1) is 10.1. The van der Waals surface area contributed by atoms with Gasteiger partial charge in [-0.3, -0.25) is 14.5 Å². The van der Waals surface area contributed by atoms with Gasteiger partial charge in [0, 0.05) is 17.1 Å². The minimum atomic E-state index is -0.0467. The van der Waals surface area contributed by atoms with Crippen LogP contribution in [0.5, 0.6) is 0 Å². The molecule has 1 aliphatic carbocycles. The van der Waals surface area contributed by atoms with Gasteiger partial charge >= 0.3 is 0 Å². The van der Waals surface area contributed by atoms with Gasteiger partial charge in [0.05, 0.1) is 0 Å². The minimum absolute atomic E-state index is 0.0467. The zero-order chi connectivity index (χ0) is 14.8. The van der Waals surface area contributed by atoms with E-state index < -0.39 is 0 Å². The SMILES string of the molecule is O=C(Cn1c(-c2ccc(Cl)cc2)n[nH]c1=S)NCC1CC1. The van der Waals surface area contributed by atoms with Crippen LogP contribution in [-0.4, -0.2) is 27.2 Å². The molecule has 1 fully saturated rings. The number of halogens is 1. The van der Waals surface area contributed by atoms with E-state index in [1.165, 1.54) is 12.8 Å². The van der Waals surface area contributed by atoms with Crippen LogP contribution in [-0.2, 0) is 11.3 Å². The number of aromatic amines is 1. The molecule has 5 nitrogen and oxygen atoms in total. The lowest BCUT2D eigenvalue weighted by Gasteiger charge is -2.08. The van der Waals surface area contributed by atoms with Crippen molar-refractivity contribution in [2.45, 2.75) is 19.4 Å². The number of carbonyl (C=O) groups excluding carboxylic acids is 1. The highest BCUT2D eigenvalue weighted by atomic mass is 35.5. The van der Waals surface area contributed by atoms with Gasteiger partial charge in [-0.2, -0.15) is 5.10 Å². The molecule has 21 heavy (non-hydrogen) atoms. The highest BCUT2D eigenvalue weighted by Gasteiger charge is 2.22. The molecule has 0 unspecified atom stereocenters. The lowest BCUT2D eigenvalue weighted by molar-refractivity contribution is -0.121. The minimum Gasteiger partial charge on any atom is -0.354 e. The smallest absolute Gasteiger partial charge is 0.240 e. The summed E-state index contributed by atoms with van der Waals surface area (Å²) < 4.78 is 2.13. The molecule has 110 valence electrons. The van der Waals surface area contributed by atoms with Gasteiger partial charge in [0.1, 0.15) is 6.54 Å². The summed E-state index contributed by atoms with van der Waals surface area (Å²) in [6, 6.07) is 7.27. The Labute approximate surface area is 132 Å². The third-order valence-electron chi connectivity index (χ3n) is 3.45. The van der Waals surface area contributed by atoms with Gasteiger partial charge in [0.25, 0.3) is 0 Å². The predicted octanol–water partition coefficient (Wildman–Crippen LogP) is 2.79. The first-order valence-corrected chi connectivity index (χ1v) is 7.60. The first-order valence-electron chi connectivity index (χ1n) is 6.81. The Hall–Kier alpha value is -1.66. The molecular weight excluding hydrogens is 308 g/mol. The molecule has 2 aromatic rings. The van der Waals surface area contributed by atoms with E-state index in [0.29, 0.717) is 21.5 Å². The van der Waals surface area contributed by atoms with Gasteiger partial charge in [0.15, 0.2) is 10.6 Å².